The Labute approximate surface area is 144 Å². The van der Waals surface area contributed by atoms with E-state index >= 15 is 0 Å². The predicted octanol–water partition coefficient (Wildman–Crippen LogP) is 3.06. The van der Waals surface area contributed by atoms with E-state index in [0.29, 0.717) is 27.7 Å². The number of aromatic amines is 1. The number of ether oxygens (including phenoxy) is 2. The summed E-state index contributed by atoms with van der Waals surface area (Å²) in [6.45, 7) is 2.07. The highest BCUT2D eigenvalue weighted by Crippen LogP contribution is 2.35. The van der Waals surface area contributed by atoms with Crippen molar-refractivity contribution in [2.45, 2.75) is 13.3 Å². The Morgan fingerprint density at radius 3 is 3.00 bits per heavy atom. The molecule has 0 fully saturated rings. The maximum Gasteiger partial charge on any atom is 0.216 e. The van der Waals surface area contributed by atoms with E-state index in [9.17, 15) is 0 Å². The van der Waals surface area contributed by atoms with Gasteiger partial charge in [-0.1, -0.05) is 24.4 Å². The van der Waals surface area contributed by atoms with Crippen molar-refractivity contribution in [3.8, 4) is 23.8 Å². The minimum absolute atomic E-state index is 0.105. The molecular weight excluding hydrogens is 336 g/mol. The number of rotatable bonds is 6. The van der Waals surface area contributed by atoms with Gasteiger partial charge < -0.3 is 9.47 Å². The van der Waals surface area contributed by atoms with E-state index in [1.807, 2.05) is 6.92 Å². The average molecular weight is 351 g/mol. The summed E-state index contributed by atoms with van der Waals surface area (Å²) in [5.74, 6) is 3.99. The fraction of sp³-hybridized carbons (Fsp3) is 0.267. The molecule has 1 N–H and O–H groups in total. The first-order chi connectivity index (χ1) is 11.1. The Bertz CT molecular complexity index is 820. The molecule has 0 saturated heterocycles. The van der Waals surface area contributed by atoms with E-state index in [4.69, 9.17) is 39.7 Å². The van der Waals surface area contributed by atoms with Crippen molar-refractivity contribution in [1.29, 1.82) is 0 Å². The minimum atomic E-state index is 0.105. The Morgan fingerprint density at radius 2 is 2.35 bits per heavy atom. The first kappa shape index (κ1) is 17.1. The molecule has 0 spiro atoms. The third-order valence-electron chi connectivity index (χ3n) is 2.91. The number of nitrogens with zero attached hydrogens (tertiary/aromatic N) is 3. The molecule has 0 aliphatic heterocycles. The Kier molecular flexibility index (Phi) is 5.79. The second-order valence-electron chi connectivity index (χ2n) is 4.38. The molecule has 0 aliphatic carbocycles. The zero-order chi connectivity index (χ0) is 16.8. The molecule has 0 bridgehead atoms. The van der Waals surface area contributed by atoms with Crippen LogP contribution in [0.5, 0.6) is 11.5 Å². The van der Waals surface area contributed by atoms with Crippen LogP contribution in [-0.2, 0) is 6.42 Å². The number of aromatic nitrogens is 3. The average Bonchev–Trinajstić information content (AvgIpc) is 2.91. The first-order valence-electron chi connectivity index (χ1n) is 6.75. The van der Waals surface area contributed by atoms with Gasteiger partial charge in [0, 0.05) is 6.42 Å². The third kappa shape index (κ3) is 3.92. The molecule has 0 unspecified atom stereocenters. The van der Waals surface area contributed by atoms with Gasteiger partial charge in [-0.3, -0.25) is 5.10 Å². The van der Waals surface area contributed by atoms with Gasteiger partial charge in [0.25, 0.3) is 0 Å². The Balaban J connectivity index is 2.36. The number of benzene rings is 1. The number of aryl methyl sites for hydroxylation is 1. The van der Waals surface area contributed by atoms with E-state index < -0.39 is 0 Å². The van der Waals surface area contributed by atoms with Crippen LogP contribution in [0.3, 0.4) is 0 Å². The molecule has 2 aromatic rings. The number of terminal acetylenes is 1. The molecule has 120 valence electrons. The summed E-state index contributed by atoms with van der Waals surface area (Å²) < 4.78 is 12.7. The molecule has 1 aromatic heterocycles. The fourth-order valence-corrected chi connectivity index (χ4v) is 2.34. The number of nitrogens with one attached hydrogen (secondary N) is 1. The zero-order valence-corrected chi connectivity index (χ0v) is 14.2. The van der Waals surface area contributed by atoms with E-state index in [0.717, 1.165) is 11.4 Å². The monoisotopic (exact) mass is 350 g/mol. The van der Waals surface area contributed by atoms with Gasteiger partial charge in [-0.2, -0.15) is 14.9 Å². The van der Waals surface area contributed by atoms with Gasteiger partial charge in [-0.25, -0.2) is 0 Å². The quantitative estimate of drug-likeness (QED) is 0.494. The molecule has 0 aliphatic rings. The summed E-state index contributed by atoms with van der Waals surface area (Å²) in [5.41, 5.74) is 0.727. The van der Waals surface area contributed by atoms with Crippen LogP contribution in [0, 0.1) is 17.1 Å². The molecule has 2 rings (SSSR count). The smallest absolute Gasteiger partial charge is 0.216 e. The zero-order valence-electron chi connectivity index (χ0n) is 12.7. The number of hydrogen-bond donors (Lipinski definition) is 1. The lowest BCUT2D eigenvalue weighted by molar-refractivity contribution is 0.331. The lowest BCUT2D eigenvalue weighted by Gasteiger charge is -2.11. The van der Waals surface area contributed by atoms with Crippen molar-refractivity contribution in [1.82, 2.24) is 14.9 Å². The Hall–Kier alpha value is -2.30. The van der Waals surface area contributed by atoms with Gasteiger partial charge in [0.2, 0.25) is 4.77 Å². The summed E-state index contributed by atoms with van der Waals surface area (Å²) in [6.07, 6.45) is 7.51. The molecule has 6 nitrogen and oxygen atoms in total. The normalized spacial score (nSPS) is 10.7. The molecule has 0 radical (unpaired) electrons. The largest absolute Gasteiger partial charge is 0.493 e. The van der Waals surface area contributed by atoms with Crippen molar-refractivity contribution in [2.75, 3.05) is 13.7 Å². The molecule has 0 atom stereocenters. The van der Waals surface area contributed by atoms with E-state index in [2.05, 4.69) is 21.2 Å². The molecule has 1 aromatic carbocycles. The van der Waals surface area contributed by atoms with Crippen molar-refractivity contribution in [2.24, 2.45) is 5.10 Å². The lowest BCUT2D eigenvalue weighted by atomic mass is 10.2. The minimum Gasteiger partial charge on any atom is -0.493 e. The number of halogens is 1. The highest BCUT2D eigenvalue weighted by molar-refractivity contribution is 7.71. The van der Waals surface area contributed by atoms with Crippen LogP contribution in [0.1, 0.15) is 18.3 Å². The molecule has 1 heterocycles. The van der Waals surface area contributed by atoms with Crippen molar-refractivity contribution in [3.63, 3.8) is 0 Å². The third-order valence-corrected chi connectivity index (χ3v) is 3.45. The van der Waals surface area contributed by atoms with Crippen LogP contribution in [0.2, 0.25) is 5.02 Å². The summed E-state index contributed by atoms with van der Waals surface area (Å²) in [7, 11) is 1.52. The summed E-state index contributed by atoms with van der Waals surface area (Å²) in [6, 6.07) is 3.45. The fourth-order valence-electron chi connectivity index (χ4n) is 1.86. The van der Waals surface area contributed by atoms with Crippen molar-refractivity contribution in [3.05, 3.63) is 33.3 Å². The molecule has 0 saturated carbocycles. The van der Waals surface area contributed by atoms with Gasteiger partial charge >= 0.3 is 0 Å². The van der Waals surface area contributed by atoms with E-state index in [1.54, 1.807) is 23.0 Å². The van der Waals surface area contributed by atoms with Crippen LogP contribution in [0.25, 0.3) is 0 Å². The van der Waals surface area contributed by atoms with Crippen LogP contribution in [0.4, 0.5) is 0 Å². The summed E-state index contributed by atoms with van der Waals surface area (Å²) >= 11 is 11.4. The van der Waals surface area contributed by atoms with Gasteiger partial charge in [0.15, 0.2) is 17.3 Å². The number of H-pyrrole nitrogens is 1. The second-order valence-corrected chi connectivity index (χ2v) is 5.18. The number of methoxy groups -OCH3 is 1. The SMILES string of the molecule is C#CCOc1c(Cl)cc(/C=N\n2c(CC)n[nH]c2=S)cc1OC. The summed E-state index contributed by atoms with van der Waals surface area (Å²) in [5, 5.41) is 11.5. The molecule has 23 heavy (non-hydrogen) atoms. The van der Waals surface area contributed by atoms with Gasteiger partial charge in [0.05, 0.1) is 18.3 Å². The maximum atomic E-state index is 6.22. The van der Waals surface area contributed by atoms with Crippen LogP contribution >= 0.6 is 23.8 Å². The Morgan fingerprint density at radius 1 is 1.57 bits per heavy atom. The summed E-state index contributed by atoms with van der Waals surface area (Å²) in [4.78, 5) is 0. The van der Waals surface area contributed by atoms with Crippen LogP contribution in [-0.4, -0.2) is 34.8 Å². The maximum absolute atomic E-state index is 6.22. The van der Waals surface area contributed by atoms with Gasteiger partial charge in [0.1, 0.15) is 6.61 Å². The van der Waals surface area contributed by atoms with Gasteiger partial charge in [-0.15, -0.1) is 6.42 Å². The van der Waals surface area contributed by atoms with Crippen molar-refractivity contribution >= 4 is 30.0 Å². The first-order valence-corrected chi connectivity index (χ1v) is 7.53. The number of hydrogen-bond acceptors (Lipinski definition) is 5. The highest BCUT2D eigenvalue weighted by Gasteiger charge is 2.11. The topological polar surface area (TPSA) is 64.4 Å². The standard InChI is InChI=1S/C15H15ClN4O2S/c1-4-6-22-14-11(16)7-10(8-12(14)21-3)9-17-20-13(5-2)18-19-15(20)23/h1,7-9H,5-6H2,2-3H3,(H,19,23)/b17-9-. The molecular formula is C15H15ClN4O2S. The van der Waals surface area contributed by atoms with Crippen molar-refractivity contribution < 1.29 is 9.47 Å². The predicted molar refractivity (Wildman–Crippen MR) is 92.1 cm³/mol. The van der Waals surface area contributed by atoms with E-state index in [-0.39, 0.29) is 6.61 Å². The highest BCUT2D eigenvalue weighted by atomic mass is 35.5. The van der Waals surface area contributed by atoms with Crippen LogP contribution < -0.4 is 9.47 Å². The molecule has 8 heteroatoms. The lowest BCUT2D eigenvalue weighted by Crippen LogP contribution is -2.00. The van der Waals surface area contributed by atoms with E-state index in [1.165, 1.54) is 7.11 Å². The molecule has 0 amide bonds. The second kappa shape index (κ2) is 7.81. The van der Waals surface area contributed by atoms with Gasteiger partial charge in [-0.05, 0) is 29.9 Å². The van der Waals surface area contributed by atoms with Crippen LogP contribution in [0.15, 0.2) is 17.2 Å².